The highest BCUT2D eigenvalue weighted by molar-refractivity contribution is 5.95. The van der Waals surface area contributed by atoms with Crippen LogP contribution in [0.4, 0.5) is 0 Å². The Morgan fingerprint density at radius 2 is 2.24 bits per heavy atom. The second-order valence-corrected chi connectivity index (χ2v) is 4.88. The molecule has 2 rings (SSSR count). The molecule has 5 heteroatoms. The van der Waals surface area contributed by atoms with E-state index >= 15 is 0 Å². The lowest BCUT2D eigenvalue weighted by atomic mass is 10.1. The summed E-state index contributed by atoms with van der Waals surface area (Å²) in [6.07, 6.45) is 3.18. The first-order valence-corrected chi connectivity index (χ1v) is 6.80. The van der Waals surface area contributed by atoms with Crippen LogP contribution in [0.3, 0.4) is 0 Å². The van der Waals surface area contributed by atoms with Crippen molar-refractivity contribution in [1.82, 2.24) is 5.32 Å². The molecule has 1 aromatic carbocycles. The SMILES string of the molecule is COc1ccc(C(=O)NC(C)CCc2ccco2)cc1O. The average molecular weight is 289 g/mol. The number of phenols is 1. The maximum atomic E-state index is 12.1. The number of benzene rings is 1. The Hall–Kier alpha value is -2.43. The topological polar surface area (TPSA) is 71.7 Å². The maximum Gasteiger partial charge on any atom is 0.251 e. The van der Waals surface area contributed by atoms with E-state index in [0.717, 1.165) is 18.6 Å². The Kier molecular flexibility index (Phi) is 4.87. The molecule has 0 bridgehead atoms. The summed E-state index contributed by atoms with van der Waals surface area (Å²) in [6.45, 7) is 1.93. The minimum absolute atomic E-state index is 0.00634. The molecule has 0 fully saturated rings. The van der Waals surface area contributed by atoms with Crippen molar-refractivity contribution in [3.8, 4) is 11.5 Å². The molecule has 1 aromatic heterocycles. The van der Waals surface area contributed by atoms with E-state index in [1.807, 2.05) is 19.1 Å². The van der Waals surface area contributed by atoms with Crippen LogP contribution in [0.5, 0.6) is 11.5 Å². The van der Waals surface area contributed by atoms with E-state index < -0.39 is 0 Å². The number of hydrogen-bond acceptors (Lipinski definition) is 4. The van der Waals surface area contributed by atoms with Gasteiger partial charge in [-0.1, -0.05) is 0 Å². The molecule has 0 aliphatic heterocycles. The van der Waals surface area contributed by atoms with Crippen molar-refractivity contribution in [3.63, 3.8) is 0 Å². The summed E-state index contributed by atoms with van der Waals surface area (Å²) < 4.78 is 10.2. The number of carbonyl (C=O) groups is 1. The third kappa shape index (κ3) is 4.02. The van der Waals surface area contributed by atoms with Crippen molar-refractivity contribution in [2.75, 3.05) is 7.11 Å². The highest BCUT2D eigenvalue weighted by Gasteiger charge is 2.12. The van der Waals surface area contributed by atoms with Gasteiger partial charge in [-0.05, 0) is 43.7 Å². The van der Waals surface area contributed by atoms with Crippen molar-refractivity contribution < 1.29 is 19.1 Å². The summed E-state index contributed by atoms with van der Waals surface area (Å²) in [6, 6.07) is 8.35. The predicted molar refractivity (Wildman–Crippen MR) is 78.6 cm³/mol. The van der Waals surface area contributed by atoms with Crippen molar-refractivity contribution in [1.29, 1.82) is 0 Å². The zero-order valence-corrected chi connectivity index (χ0v) is 12.1. The Morgan fingerprint density at radius 3 is 2.86 bits per heavy atom. The molecule has 0 spiro atoms. The highest BCUT2D eigenvalue weighted by atomic mass is 16.5. The molecule has 21 heavy (non-hydrogen) atoms. The largest absolute Gasteiger partial charge is 0.504 e. The first kappa shape index (κ1) is 15.0. The maximum absolute atomic E-state index is 12.1. The van der Waals surface area contributed by atoms with E-state index in [9.17, 15) is 9.90 Å². The fraction of sp³-hybridized carbons (Fsp3) is 0.312. The molecule has 0 aliphatic carbocycles. The Labute approximate surface area is 123 Å². The second kappa shape index (κ2) is 6.83. The van der Waals surface area contributed by atoms with Gasteiger partial charge >= 0.3 is 0 Å². The fourth-order valence-electron chi connectivity index (χ4n) is 2.02. The van der Waals surface area contributed by atoms with Crippen molar-refractivity contribution in [3.05, 3.63) is 47.9 Å². The van der Waals surface area contributed by atoms with E-state index in [2.05, 4.69) is 5.32 Å². The fourth-order valence-corrected chi connectivity index (χ4v) is 2.02. The van der Waals surface area contributed by atoms with Crippen LogP contribution in [-0.2, 0) is 6.42 Å². The number of rotatable bonds is 6. The number of aryl methyl sites for hydroxylation is 1. The van der Waals surface area contributed by atoms with Gasteiger partial charge in [-0.25, -0.2) is 0 Å². The van der Waals surface area contributed by atoms with Crippen LogP contribution >= 0.6 is 0 Å². The second-order valence-electron chi connectivity index (χ2n) is 4.88. The summed E-state index contributed by atoms with van der Waals surface area (Å²) in [4.78, 5) is 12.1. The molecule has 0 saturated heterocycles. The van der Waals surface area contributed by atoms with Gasteiger partial charge < -0.3 is 19.6 Å². The lowest BCUT2D eigenvalue weighted by molar-refractivity contribution is 0.0937. The van der Waals surface area contributed by atoms with Gasteiger partial charge in [0.25, 0.3) is 5.91 Å². The van der Waals surface area contributed by atoms with Gasteiger partial charge in [-0.15, -0.1) is 0 Å². The smallest absolute Gasteiger partial charge is 0.251 e. The Morgan fingerprint density at radius 1 is 1.43 bits per heavy atom. The first-order valence-electron chi connectivity index (χ1n) is 6.80. The minimum Gasteiger partial charge on any atom is -0.504 e. The number of aromatic hydroxyl groups is 1. The van der Waals surface area contributed by atoms with E-state index in [-0.39, 0.29) is 17.7 Å². The van der Waals surface area contributed by atoms with Crippen LogP contribution in [0.15, 0.2) is 41.0 Å². The molecule has 1 heterocycles. The molecular formula is C16H19NO4. The van der Waals surface area contributed by atoms with E-state index in [1.54, 1.807) is 18.4 Å². The first-order chi connectivity index (χ1) is 10.1. The summed E-state index contributed by atoms with van der Waals surface area (Å²) in [5.74, 6) is 0.976. The van der Waals surface area contributed by atoms with Gasteiger partial charge in [-0.2, -0.15) is 0 Å². The average Bonchev–Trinajstić information content (AvgIpc) is 2.98. The van der Waals surface area contributed by atoms with Crippen molar-refractivity contribution >= 4 is 5.91 Å². The molecule has 1 atom stereocenters. The quantitative estimate of drug-likeness (QED) is 0.857. The Bertz CT molecular complexity index is 592. The zero-order valence-electron chi connectivity index (χ0n) is 12.1. The number of nitrogens with one attached hydrogen (secondary N) is 1. The molecule has 2 N–H and O–H groups in total. The summed E-state index contributed by atoms with van der Waals surface area (Å²) in [7, 11) is 1.46. The van der Waals surface area contributed by atoms with Crippen LogP contribution in [0.1, 0.15) is 29.5 Å². The van der Waals surface area contributed by atoms with E-state index in [1.165, 1.54) is 13.2 Å². The highest BCUT2D eigenvalue weighted by Crippen LogP contribution is 2.26. The zero-order chi connectivity index (χ0) is 15.2. The van der Waals surface area contributed by atoms with Crippen LogP contribution < -0.4 is 10.1 Å². The number of hydrogen-bond donors (Lipinski definition) is 2. The van der Waals surface area contributed by atoms with Gasteiger partial charge in [0.1, 0.15) is 5.76 Å². The van der Waals surface area contributed by atoms with Gasteiger partial charge in [0.05, 0.1) is 13.4 Å². The van der Waals surface area contributed by atoms with Gasteiger partial charge in [0.2, 0.25) is 0 Å². The summed E-state index contributed by atoms with van der Waals surface area (Å²) >= 11 is 0. The molecule has 0 saturated carbocycles. The third-order valence-electron chi connectivity index (χ3n) is 3.22. The molecule has 112 valence electrons. The lowest BCUT2D eigenvalue weighted by Crippen LogP contribution is -2.32. The number of furan rings is 1. The van der Waals surface area contributed by atoms with Crippen molar-refractivity contribution in [2.24, 2.45) is 0 Å². The van der Waals surface area contributed by atoms with Gasteiger partial charge in [-0.3, -0.25) is 4.79 Å². The van der Waals surface area contributed by atoms with Gasteiger partial charge in [0, 0.05) is 18.0 Å². The monoisotopic (exact) mass is 289 g/mol. The molecule has 0 radical (unpaired) electrons. The number of methoxy groups -OCH3 is 1. The molecule has 0 aliphatic rings. The van der Waals surface area contributed by atoms with Crippen LogP contribution in [-0.4, -0.2) is 24.2 Å². The molecule has 2 aromatic rings. The summed E-state index contributed by atoms with van der Waals surface area (Å²) in [5, 5.41) is 12.6. The number of amides is 1. The summed E-state index contributed by atoms with van der Waals surface area (Å²) in [5.41, 5.74) is 0.401. The minimum atomic E-state index is -0.222. The Balaban J connectivity index is 1.89. The molecule has 1 unspecified atom stereocenters. The number of carbonyl (C=O) groups excluding carboxylic acids is 1. The van der Waals surface area contributed by atoms with E-state index in [4.69, 9.17) is 9.15 Å². The molecular weight excluding hydrogens is 270 g/mol. The normalized spacial score (nSPS) is 11.9. The van der Waals surface area contributed by atoms with Crippen molar-refractivity contribution in [2.45, 2.75) is 25.8 Å². The number of phenolic OH excluding ortho intramolecular Hbond substituents is 1. The third-order valence-corrected chi connectivity index (χ3v) is 3.22. The standard InChI is InChI=1S/C16H19NO4/c1-11(5-7-13-4-3-9-21-13)17-16(19)12-6-8-15(20-2)14(18)10-12/h3-4,6,8-11,18H,5,7H2,1-2H3,(H,17,19). The van der Waals surface area contributed by atoms with Crippen LogP contribution in [0, 0.1) is 0 Å². The van der Waals surface area contributed by atoms with Crippen LogP contribution in [0.25, 0.3) is 0 Å². The lowest BCUT2D eigenvalue weighted by Gasteiger charge is -2.13. The molecule has 1 amide bonds. The predicted octanol–water partition coefficient (Wildman–Crippen LogP) is 2.74. The number of ether oxygens (including phenoxy) is 1. The van der Waals surface area contributed by atoms with E-state index in [0.29, 0.717) is 11.3 Å². The van der Waals surface area contributed by atoms with Crippen LogP contribution in [0.2, 0.25) is 0 Å². The molecule has 5 nitrogen and oxygen atoms in total. The van der Waals surface area contributed by atoms with Gasteiger partial charge in [0.15, 0.2) is 11.5 Å².